The van der Waals surface area contributed by atoms with Crippen LogP contribution in [0.2, 0.25) is 0 Å². The summed E-state index contributed by atoms with van der Waals surface area (Å²) >= 11 is 3.27. The van der Waals surface area contributed by atoms with E-state index in [2.05, 4.69) is 37.9 Å². The lowest BCUT2D eigenvalue weighted by Crippen LogP contribution is -2.40. The van der Waals surface area contributed by atoms with Crippen LogP contribution >= 0.6 is 15.9 Å². The molecule has 0 spiro atoms. The highest BCUT2D eigenvalue weighted by atomic mass is 79.9. The van der Waals surface area contributed by atoms with Gasteiger partial charge in [-0.1, -0.05) is 13.3 Å². The molecule has 20 heavy (non-hydrogen) atoms. The number of nitrogens with one attached hydrogen (secondary N) is 2. The average Bonchev–Trinajstić information content (AvgIpc) is 2.36. The molecule has 1 aromatic heterocycles. The Morgan fingerprint density at radius 2 is 2.15 bits per heavy atom. The molecule has 0 aliphatic heterocycles. The molecule has 1 heterocycles. The first kappa shape index (κ1) is 15.7. The van der Waals surface area contributed by atoms with Gasteiger partial charge in [0.15, 0.2) is 0 Å². The number of aromatic nitrogens is 1. The molecule has 112 valence electrons. The van der Waals surface area contributed by atoms with Crippen molar-refractivity contribution < 1.29 is 8.42 Å². The first-order valence-electron chi connectivity index (χ1n) is 6.75. The van der Waals surface area contributed by atoms with Crippen molar-refractivity contribution in [3.8, 4) is 0 Å². The number of nitrogens with zero attached hydrogens (tertiary/aromatic N) is 1. The van der Waals surface area contributed by atoms with Crippen LogP contribution in [-0.4, -0.2) is 26.5 Å². The predicted octanol–water partition coefficient (Wildman–Crippen LogP) is 2.74. The van der Waals surface area contributed by atoms with E-state index in [1.807, 2.05) is 6.92 Å². The summed E-state index contributed by atoms with van der Waals surface area (Å²) in [5.41, 5.74) is 0.102. The van der Waals surface area contributed by atoms with Crippen LogP contribution in [0.15, 0.2) is 21.6 Å². The Balaban J connectivity index is 2.21. The van der Waals surface area contributed by atoms with Gasteiger partial charge >= 0.3 is 0 Å². The molecule has 7 heteroatoms. The third-order valence-corrected chi connectivity index (χ3v) is 5.55. The minimum absolute atomic E-state index is 0.102. The summed E-state index contributed by atoms with van der Waals surface area (Å²) in [6.07, 6.45) is 4.92. The molecule has 1 aliphatic rings. The maximum absolute atomic E-state index is 12.5. The lowest BCUT2D eigenvalue weighted by atomic mass is 9.71. The summed E-state index contributed by atoms with van der Waals surface area (Å²) in [4.78, 5) is 4.33. The molecule has 1 saturated carbocycles. The number of hydrogen-bond donors (Lipinski definition) is 2. The van der Waals surface area contributed by atoms with Crippen LogP contribution in [0.5, 0.6) is 0 Å². The van der Waals surface area contributed by atoms with Crippen molar-refractivity contribution >= 4 is 31.8 Å². The summed E-state index contributed by atoms with van der Waals surface area (Å²) in [7, 11) is -3.55. The first-order chi connectivity index (χ1) is 9.36. The molecule has 1 fully saturated rings. The van der Waals surface area contributed by atoms with E-state index in [-0.39, 0.29) is 10.3 Å². The fraction of sp³-hybridized carbons (Fsp3) is 0.615. The number of rotatable bonds is 6. The lowest BCUT2D eigenvalue weighted by Gasteiger charge is -2.38. The van der Waals surface area contributed by atoms with Crippen LogP contribution in [-0.2, 0) is 10.0 Å². The third-order valence-electron chi connectivity index (χ3n) is 3.70. The second-order valence-electron chi connectivity index (χ2n) is 5.52. The molecule has 1 aliphatic carbocycles. The van der Waals surface area contributed by atoms with Crippen molar-refractivity contribution in [2.75, 3.05) is 18.4 Å². The van der Waals surface area contributed by atoms with E-state index in [4.69, 9.17) is 0 Å². The van der Waals surface area contributed by atoms with Crippen LogP contribution in [0.1, 0.15) is 33.1 Å². The van der Waals surface area contributed by atoms with Crippen molar-refractivity contribution in [1.29, 1.82) is 0 Å². The van der Waals surface area contributed by atoms with Gasteiger partial charge in [-0.3, -0.25) is 0 Å². The van der Waals surface area contributed by atoms with E-state index < -0.39 is 10.0 Å². The van der Waals surface area contributed by atoms with Gasteiger partial charge in [0.05, 0.1) is 0 Å². The second-order valence-corrected chi connectivity index (χ2v) is 8.17. The van der Waals surface area contributed by atoms with Gasteiger partial charge in [-0.25, -0.2) is 18.1 Å². The van der Waals surface area contributed by atoms with Crippen LogP contribution < -0.4 is 10.0 Å². The van der Waals surface area contributed by atoms with Crippen LogP contribution in [0, 0.1) is 5.41 Å². The van der Waals surface area contributed by atoms with E-state index in [0.717, 1.165) is 12.8 Å². The Labute approximate surface area is 128 Å². The van der Waals surface area contributed by atoms with E-state index in [1.165, 1.54) is 6.42 Å². The zero-order chi connectivity index (χ0) is 14.8. The molecule has 0 unspecified atom stereocenters. The Kier molecular flexibility index (Phi) is 4.71. The zero-order valence-electron chi connectivity index (χ0n) is 11.7. The first-order valence-corrected chi connectivity index (χ1v) is 9.03. The summed E-state index contributed by atoms with van der Waals surface area (Å²) in [5, 5.41) is 2.98. The van der Waals surface area contributed by atoms with E-state index in [1.54, 1.807) is 12.3 Å². The molecule has 0 saturated heterocycles. The average molecular weight is 362 g/mol. The van der Waals surface area contributed by atoms with Crippen LogP contribution in [0.25, 0.3) is 0 Å². The summed E-state index contributed by atoms with van der Waals surface area (Å²) in [5.74, 6) is 0.391. The Hall–Kier alpha value is -0.660. The molecular formula is C13H20BrN3O2S. The highest BCUT2D eigenvalue weighted by molar-refractivity contribution is 9.10. The maximum atomic E-state index is 12.5. The molecule has 0 aromatic carbocycles. The molecule has 5 nitrogen and oxygen atoms in total. The summed E-state index contributed by atoms with van der Waals surface area (Å²) in [6.45, 7) is 5.12. The zero-order valence-corrected chi connectivity index (χ0v) is 14.1. The van der Waals surface area contributed by atoms with Gasteiger partial charge in [0.25, 0.3) is 0 Å². The van der Waals surface area contributed by atoms with Crippen molar-refractivity contribution in [2.24, 2.45) is 5.41 Å². The molecule has 2 N–H and O–H groups in total. The highest BCUT2D eigenvalue weighted by Crippen LogP contribution is 2.39. The SMILES string of the molecule is CCNc1ncc(Br)cc1S(=O)(=O)NCC1(C)CCC1. The quantitative estimate of drug-likeness (QED) is 0.816. The Morgan fingerprint density at radius 1 is 1.45 bits per heavy atom. The normalized spacial score (nSPS) is 17.6. The van der Waals surface area contributed by atoms with Crippen LogP contribution in [0.4, 0.5) is 5.82 Å². The van der Waals surface area contributed by atoms with Gasteiger partial charge < -0.3 is 5.32 Å². The van der Waals surface area contributed by atoms with E-state index in [0.29, 0.717) is 23.4 Å². The molecule has 0 radical (unpaired) electrons. The van der Waals surface area contributed by atoms with E-state index in [9.17, 15) is 8.42 Å². The fourth-order valence-electron chi connectivity index (χ4n) is 2.23. The molecule has 0 amide bonds. The number of halogens is 1. The maximum Gasteiger partial charge on any atom is 0.244 e. The summed E-state index contributed by atoms with van der Waals surface area (Å²) < 4.78 is 28.3. The van der Waals surface area contributed by atoms with Gasteiger partial charge in [-0.2, -0.15) is 0 Å². The standard InChI is InChI=1S/C13H20BrN3O2S/c1-3-15-12-11(7-10(14)8-16-12)20(18,19)17-9-13(2)5-4-6-13/h7-8,17H,3-6,9H2,1-2H3,(H,15,16). The van der Waals surface area contributed by atoms with Gasteiger partial charge in [0.1, 0.15) is 10.7 Å². The van der Waals surface area contributed by atoms with Crippen molar-refractivity contribution in [3.05, 3.63) is 16.7 Å². The van der Waals surface area contributed by atoms with Crippen molar-refractivity contribution in [1.82, 2.24) is 9.71 Å². The Bertz CT molecular complexity index is 585. The number of hydrogen-bond acceptors (Lipinski definition) is 4. The minimum atomic E-state index is -3.55. The monoisotopic (exact) mass is 361 g/mol. The van der Waals surface area contributed by atoms with Crippen LogP contribution in [0.3, 0.4) is 0 Å². The fourth-order valence-corrected chi connectivity index (χ4v) is 4.07. The molecular weight excluding hydrogens is 342 g/mol. The highest BCUT2D eigenvalue weighted by Gasteiger charge is 2.33. The lowest BCUT2D eigenvalue weighted by molar-refractivity contribution is 0.166. The molecule has 2 rings (SSSR count). The molecule has 1 aromatic rings. The topological polar surface area (TPSA) is 71.1 Å². The van der Waals surface area contributed by atoms with Gasteiger partial charge in [-0.15, -0.1) is 0 Å². The number of pyridine rings is 1. The van der Waals surface area contributed by atoms with Gasteiger partial charge in [0.2, 0.25) is 10.0 Å². The minimum Gasteiger partial charge on any atom is -0.369 e. The molecule has 0 bridgehead atoms. The van der Waals surface area contributed by atoms with Crippen molar-refractivity contribution in [2.45, 2.75) is 38.0 Å². The summed E-state index contributed by atoms with van der Waals surface area (Å²) in [6, 6.07) is 1.58. The largest absolute Gasteiger partial charge is 0.369 e. The predicted molar refractivity (Wildman–Crippen MR) is 83.2 cm³/mol. The number of anilines is 1. The molecule has 0 atom stereocenters. The Morgan fingerprint density at radius 3 is 2.70 bits per heavy atom. The van der Waals surface area contributed by atoms with Gasteiger partial charge in [-0.05, 0) is 47.2 Å². The smallest absolute Gasteiger partial charge is 0.244 e. The van der Waals surface area contributed by atoms with Gasteiger partial charge in [0, 0.05) is 23.8 Å². The third kappa shape index (κ3) is 3.51. The second kappa shape index (κ2) is 5.99. The number of sulfonamides is 1. The van der Waals surface area contributed by atoms with Crippen molar-refractivity contribution in [3.63, 3.8) is 0 Å². The van der Waals surface area contributed by atoms with E-state index >= 15 is 0 Å².